The molecule has 1 amide bonds. The van der Waals surface area contributed by atoms with Gasteiger partial charge in [0.25, 0.3) is 5.91 Å². The van der Waals surface area contributed by atoms with E-state index in [-0.39, 0.29) is 29.3 Å². The maximum absolute atomic E-state index is 13.3. The van der Waals surface area contributed by atoms with E-state index < -0.39 is 28.5 Å². The number of hydrogen-bond donors (Lipinski definition) is 2. The van der Waals surface area contributed by atoms with Crippen LogP contribution >= 0.6 is 0 Å². The number of rotatable bonds is 2. The van der Waals surface area contributed by atoms with Crippen molar-refractivity contribution in [2.45, 2.75) is 30.9 Å². The first-order valence-corrected chi connectivity index (χ1v) is 8.73. The molecule has 25 heavy (non-hydrogen) atoms. The fourth-order valence-electron chi connectivity index (χ4n) is 2.47. The highest BCUT2D eigenvalue weighted by Gasteiger charge is 2.32. The Labute approximate surface area is 145 Å². The summed E-state index contributed by atoms with van der Waals surface area (Å²) in [6, 6.07) is 2.89. The molecular weight excluding hydrogens is 352 g/mol. The molecule has 3 rings (SSSR count). The summed E-state index contributed by atoms with van der Waals surface area (Å²) in [6.07, 6.45) is 1.23. The molecule has 1 aliphatic heterocycles. The highest BCUT2D eigenvalue weighted by Crippen LogP contribution is 2.32. The van der Waals surface area contributed by atoms with Crippen LogP contribution in [-0.2, 0) is 18.0 Å². The van der Waals surface area contributed by atoms with Crippen LogP contribution in [0.1, 0.15) is 24.3 Å². The second-order valence-electron chi connectivity index (χ2n) is 5.86. The number of ether oxygens (including phenoxy) is 1. The van der Waals surface area contributed by atoms with Crippen molar-refractivity contribution >= 4 is 22.6 Å². The largest absolute Gasteiger partial charge is 0.485 e. The van der Waals surface area contributed by atoms with Crippen LogP contribution in [-0.4, -0.2) is 26.8 Å². The normalized spacial score (nSPS) is 22.7. The van der Waals surface area contributed by atoms with Crippen molar-refractivity contribution in [1.29, 1.82) is 0 Å². The zero-order valence-corrected chi connectivity index (χ0v) is 14.6. The molecule has 1 aromatic carbocycles. The molecule has 134 valence electrons. The molecule has 2 N–H and O–H groups in total. The second-order valence-corrected chi connectivity index (χ2v) is 7.08. The van der Waals surface area contributed by atoms with E-state index >= 15 is 0 Å². The summed E-state index contributed by atoms with van der Waals surface area (Å²) in [6.45, 7) is 3.63. The summed E-state index contributed by atoms with van der Waals surface area (Å²) < 4.78 is 48.9. The first-order chi connectivity index (χ1) is 11.8. The van der Waals surface area contributed by atoms with Gasteiger partial charge in [0.2, 0.25) is 0 Å². The van der Waals surface area contributed by atoms with E-state index in [4.69, 9.17) is 4.74 Å². The Kier molecular flexibility index (Phi) is 4.61. The van der Waals surface area contributed by atoms with E-state index in [0.29, 0.717) is 4.90 Å². The minimum Gasteiger partial charge on any atom is -0.485 e. The van der Waals surface area contributed by atoms with Crippen LogP contribution in [0.5, 0.6) is 5.75 Å². The fourth-order valence-corrected chi connectivity index (χ4v) is 3.69. The third kappa shape index (κ3) is 3.29. The number of carbonyl (C=O) groups is 1. The van der Waals surface area contributed by atoms with Gasteiger partial charge in [0.05, 0.1) is 6.04 Å². The summed E-state index contributed by atoms with van der Waals surface area (Å²) in [5.74, 6) is -2.43. The molecule has 0 aliphatic carbocycles. The molecule has 0 fully saturated rings. The van der Waals surface area contributed by atoms with Crippen LogP contribution in [0, 0.1) is 11.6 Å². The maximum Gasteiger partial charge on any atom is 0.276 e. The Balaban J connectivity index is 1.96. The molecular formula is C16H17F2N3O3S. The van der Waals surface area contributed by atoms with Gasteiger partial charge in [0, 0.05) is 25.0 Å². The molecule has 0 saturated carbocycles. The van der Waals surface area contributed by atoms with E-state index in [0.717, 1.165) is 12.1 Å². The van der Waals surface area contributed by atoms with Crippen molar-refractivity contribution in [2.75, 3.05) is 5.32 Å². The number of aryl methyl sites for hydroxylation is 1. The number of fused-ring (bicyclic) bond motifs is 1. The summed E-state index contributed by atoms with van der Waals surface area (Å²) >= 11 is 0. The summed E-state index contributed by atoms with van der Waals surface area (Å²) in [7, 11) is 0.0866. The van der Waals surface area contributed by atoms with Gasteiger partial charge in [0.15, 0.2) is 23.1 Å². The predicted molar refractivity (Wildman–Crippen MR) is 88.8 cm³/mol. The van der Waals surface area contributed by atoms with Crippen molar-refractivity contribution in [3.63, 3.8) is 0 Å². The lowest BCUT2D eigenvalue weighted by Crippen LogP contribution is -2.37. The predicted octanol–water partition coefficient (Wildman–Crippen LogP) is 2.34. The maximum atomic E-state index is 13.3. The van der Waals surface area contributed by atoms with Crippen molar-refractivity contribution in [3.05, 3.63) is 41.7 Å². The van der Waals surface area contributed by atoms with E-state index in [1.54, 1.807) is 20.2 Å². The van der Waals surface area contributed by atoms with Crippen molar-refractivity contribution < 1.29 is 22.5 Å². The van der Waals surface area contributed by atoms with Crippen LogP contribution in [0.3, 0.4) is 0 Å². The quantitative estimate of drug-likeness (QED) is 0.854. The van der Waals surface area contributed by atoms with Gasteiger partial charge in [0.1, 0.15) is 22.0 Å². The number of aromatic nitrogens is 1. The minimum atomic E-state index is -1.53. The van der Waals surface area contributed by atoms with Crippen LogP contribution in [0.4, 0.5) is 14.5 Å². The van der Waals surface area contributed by atoms with Crippen LogP contribution in [0.15, 0.2) is 29.3 Å². The summed E-state index contributed by atoms with van der Waals surface area (Å²) in [5.41, 5.74) is 0.254. The molecule has 6 nitrogen and oxygen atoms in total. The number of amides is 1. The van der Waals surface area contributed by atoms with Crippen molar-refractivity contribution in [3.8, 4) is 5.75 Å². The molecule has 0 radical (unpaired) electrons. The minimum absolute atomic E-state index is 0.105. The van der Waals surface area contributed by atoms with E-state index in [1.807, 2.05) is 6.92 Å². The lowest BCUT2D eigenvalue weighted by Gasteiger charge is -2.18. The number of nitrogens with one attached hydrogen (secondary N) is 2. The molecule has 0 spiro atoms. The molecule has 2 aromatic rings. The second kappa shape index (κ2) is 6.57. The van der Waals surface area contributed by atoms with Gasteiger partial charge >= 0.3 is 0 Å². The van der Waals surface area contributed by atoms with E-state index in [2.05, 4.69) is 10.0 Å². The molecule has 3 unspecified atom stereocenters. The van der Waals surface area contributed by atoms with Crippen LogP contribution in [0.25, 0.3) is 0 Å². The molecule has 2 heterocycles. The molecule has 0 bridgehead atoms. The van der Waals surface area contributed by atoms with Gasteiger partial charge in [-0.3, -0.25) is 4.79 Å². The molecule has 9 heteroatoms. The van der Waals surface area contributed by atoms with Gasteiger partial charge in [-0.2, -0.15) is 0 Å². The standard InChI is InChI=1S/C16H17F2N3O3S/c1-8-9(2)24-15-13(25(23)20-8)7-21(3)14(15)16(22)19-10-4-5-11(17)12(18)6-10/h4-9,20H,1-3H3,(H,19,22). The average molecular weight is 369 g/mol. The van der Waals surface area contributed by atoms with E-state index in [9.17, 15) is 17.8 Å². The molecule has 1 aliphatic rings. The Morgan fingerprint density at radius 1 is 1.32 bits per heavy atom. The fraction of sp³-hybridized carbons (Fsp3) is 0.312. The van der Waals surface area contributed by atoms with Crippen molar-refractivity contribution in [1.82, 2.24) is 9.29 Å². The number of benzene rings is 1. The highest BCUT2D eigenvalue weighted by molar-refractivity contribution is 7.83. The van der Waals surface area contributed by atoms with Crippen molar-refractivity contribution in [2.24, 2.45) is 7.05 Å². The Hall–Kier alpha value is -2.26. The zero-order valence-electron chi connectivity index (χ0n) is 13.8. The van der Waals surface area contributed by atoms with Gasteiger partial charge in [-0.25, -0.2) is 17.7 Å². The summed E-state index contributed by atoms with van der Waals surface area (Å²) in [5, 5.41) is 2.50. The number of hydrogen-bond acceptors (Lipinski definition) is 3. The lowest BCUT2D eigenvalue weighted by atomic mass is 10.2. The molecule has 0 saturated heterocycles. The van der Waals surface area contributed by atoms with Crippen LogP contribution < -0.4 is 14.8 Å². The zero-order chi connectivity index (χ0) is 18.3. The average Bonchev–Trinajstić information content (AvgIpc) is 2.82. The highest BCUT2D eigenvalue weighted by atomic mass is 32.2. The summed E-state index contributed by atoms with van der Waals surface area (Å²) in [4.78, 5) is 13.0. The van der Waals surface area contributed by atoms with Gasteiger partial charge in [-0.05, 0) is 26.0 Å². The Bertz CT molecular complexity index is 869. The Morgan fingerprint density at radius 3 is 2.72 bits per heavy atom. The third-order valence-electron chi connectivity index (χ3n) is 4.00. The SMILES string of the molecule is CC1NS(=O)c2cn(C)c(C(=O)Nc3ccc(F)c(F)c3)c2OC1C. The van der Waals surface area contributed by atoms with E-state index in [1.165, 1.54) is 10.6 Å². The lowest BCUT2D eigenvalue weighted by molar-refractivity contribution is 0.101. The monoisotopic (exact) mass is 369 g/mol. The number of anilines is 1. The topological polar surface area (TPSA) is 72.4 Å². The number of nitrogens with zero attached hydrogens (tertiary/aromatic N) is 1. The molecule has 1 aromatic heterocycles. The number of halogens is 2. The Morgan fingerprint density at radius 2 is 2.04 bits per heavy atom. The first kappa shape index (κ1) is 17.6. The van der Waals surface area contributed by atoms with Crippen LogP contribution in [0.2, 0.25) is 0 Å². The smallest absolute Gasteiger partial charge is 0.276 e. The van der Waals surface area contributed by atoms with Gasteiger partial charge < -0.3 is 14.6 Å². The number of carbonyl (C=O) groups excluding carboxylic acids is 1. The molecule has 3 atom stereocenters. The van der Waals surface area contributed by atoms with Gasteiger partial charge in [-0.15, -0.1) is 0 Å². The van der Waals surface area contributed by atoms with Gasteiger partial charge in [-0.1, -0.05) is 0 Å². The first-order valence-electron chi connectivity index (χ1n) is 7.58. The third-order valence-corrected chi connectivity index (χ3v) is 5.27.